The summed E-state index contributed by atoms with van der Waals surface area (Å²) in [6, 6.07) is 2.09. The molecule has 1 heterocycles. The summed E-state index contributed by atoms with van der Waals surface area (Å²) < 4.78 is 50.5. The molecule has 10 heteroatoms. The van der Waals surface area contributed by atoms with Gasteiger partial charge in [0.15, 0.2) is 0 Å². The van der Waals surface area contributed by atoms with Crippen LogP contribution in [0.25, 0.3) is 0 Å². The first-order valence-electron chi connectivity index (χ1n) is 6.35. The van der Waals surface area contributed by atoms with Gasteiger partial charge in [0.05, 0.1) is 22.0 Å². The Morgan fingerprint density at radius 1 is 1.23 bits per heavy atom. The summed E-state index contributed by atoms with van der Waals surface area (Å²) in [5.41, 5.74) is -0.199. The van der Waals surface area contributed by atoms with E-state index in [0.717, 1.165) is 6.07 Å². The molecule has 0 saturated carbocycles. The largest absolute Gasteiger partial charge is 0.401 e. The minimum Gasteiger partial charge on any atom is -0.363 e. The molecule has 0 amide bonds. The Hall–Kier alpha value is -1.42. The second-order valence-corrected chi connectivity index (χ2v) is 5.74. The number of hydrogen-bond donors (Lipinski definition) is 0. The van der Waals surface area contributed by atoms with E-state index in [1.54, 1.807) is 4.90 Å². The Labute approximate surface area is 131 Å². The standard InChI is InChI=1S/C12H12BrF4N3O2/c13-8-5-10(11(20(21)22)6-9(8)14)19-3-1-18(2-4-19)7-12(15,16)17/h5-6H,1-4,7H2. The van der Waals surface area contributed by atoms with Crippen molar-refractivity contribution >= 4 is 27.3 Å². The molecular formula is C12H12BrF4N3O2. The molecule has 0 aromatic heterocycles. The van der Waals surface area contributed by atoms with Gasteiger partial charge in [-0.3, -0.25) is 15.0 Å². The maximum absolute atomic E-state index is 13.4. The zero-order valence-corrected chi connectivity index (χ0v) is 12.8. The number of rotatable bonds is 3. The molecule has 0 radical (unpaired) electrons. The zero-order chi connectivity index (χ0) is 16.5. The highest BCUT2D eigenvalue weighted by Crippen LogP contribution is 2.34. The number of alkyl halides is 3. The molecule has 0 atom stereocenters. The topological polar surface area (TPSA) is 49.6 Å². The molecule has 1 aromatic carbocycles. The summed E-state index contributed by atoms with van der Waals surface area (Å²) in [6.07, 6.45) is -4.27. The highest BCUT2D eigenvalue weighted by Gasteiger charge is 2.33. The number of benzene rings is 1. The monoisotopic (exact) mass is 385 g/mol. The second kappa shape index (κ2) is 6.37. The molecule has 0 unspecified atom stereocenters. The van der Waals surface area contributed by atoms with Crippen LogP contribution in [0.1, 0.15) is 0 Å². The van der Waals surface area contributed by atoms with Crippen molar-refractivity contribution in [3.8, 4) is 0 Å². The highest BCUT2D eigenvalue weighted by molar-refractivity contribution is 9.10. The number of piperazine rings is 1. The summed E-state index contributed by atoms with van der Waals surface area (Å²) >= 11 is 2.96. The van der Waals surface area contributed by atoms with E-state index in [4.69, 9.17) is 0 Å². The van der Waals surface area contributed by atoms with Gasteiger partial charge in [0.25, 0.3) is 5.69 Å². The van der Waals surface area contributed by atoms with E-state index >= 15 is 0 Å². The molecule has 1 saturated heterocycles. The van der Waals surface area contributed by atoms with Crippen LogP contribution in [0.3, 0.4) is 0 Å². The van der Waals surface area contributed by atoms with E-state index in [9.17, 15) is 27.7 Å². The molecule has 5 nitrogen and oxygen atoms in total. The summed E-state index contributed by atoms with van der Waals surface area (Å²) in [4.78, 5) is 13.1. The fraction of sp³-hybridized carbons (Fsp3) is 0.500. The molecule has 122 valence electrons. The lowest BCUT2D eigenvalue weighted by Crippen LogP contribution is -2.49. The number of anilines is 1. The predicted molar refractivity (Wildman–Crippen MR) is 75.5 cm³/mol. The molecule has 0 N–H and O–H groups in total. The van der Waals surface area contributed by atoms with E-state index in [1.807, 2.05) is 0 Å². The first kappa shape index (κ1) is 16.9. The number of nitro benzene ring substituents is 1. The lowest BCUT2D eigenvalue weighted by molar-refractivity contribution is -0.384. The van der Waals surface area contributed by atoms with Crippen molar-refractivity contribution in [2.75, 3.05) is 37.6 Å². The maximum Gasteiger partial charge on any atom is 0.401 e. The van der Waals surface area contributed by atoms with E-state index in [0.29, 0.717) is 0 Å². The Morgan fingerprint density at radius 3 is 2.32 bits per heavy atom. The SMILES string of the molecule is O=[N+]([O-])c1cc(F)c(Br)cc1N1CCN(CC(F)(F)F)CC1. The molecule has 0 spiro atoms. The van der Waals surface area contributed by atoms with Gasteiger partial charge in [0.1, 0.15) is 11.5 Å². The molecule has 0 aliphatic carbocycles. The summed E-state index contributed by atoms with van der Waals surface area (Å²) in [6.45, 7) is -0.336. The van der Waals surface area contributed by atoms with Crippen molar-refractivity contribution in [2.24, 2.45) is 0 Å². The van der Waals surface area contributed by atoms with Crippen LogP contribution in [0.2, 0.25) is 0 Å². The van der Waals surface area contributed by atoms with Crippen molar-refractivity contribution in [2.45, 2.75) is 6.18 Å². The number of halogens is 5. The van der Waals surface area contributed by atoms with Gasteiger partial charge in [-0.15, -0.1) is 0 Å². The minimum atomic E-state index is -4.27. The van der Waals surface area contributed by atoms with Crippen molar-refractivity contribution in [1.82, 2.24) is 4.90 Å². The highest BCUT2D eigenvalue weighted by atomic mass is 79.9. The van der Waals surface area contributed by atoms with Crippen LogP contribution in [0.5, 0.6) is 0 Å². The third-order valence-electron chi connectivity index (χ3n) is 3.33. The molecule has 1 aromatic rings. The van der Waals surface area contributed by atoms with Gasteiger partial charge >= 0.3 is 6.18 Å². The smallest absolute Gasteiger partial charge is 0.363 e. The first-order valence-corrected chi connectivity index (χ1v) is 7.14. The fourth-order valence-corrected chi connectivity index (χ4v) is 2.66. The van der Waals surface area contributed by atoms with Gasteiger partial charge in [-0.2, -0.15) is 13.2 Å². The van der Waals surface area contributed by atoms with E-state index in [-0.39, 0.29) is 36.3 Å². The molecule has 0 bridgehead atoms. The van der Waals surface area contributed by atoms with Gasteiger partial charge in [-0.05, 0) is 22.0 Å². The lowest BCUT2D eigenvalue weighted by atomic mass is 10.2. The van der Waals surface area contributed by atoms with Crippen LogP contribution in [0.4, 0.5) is 28.9 Å². The third-order valence-corrected chi connectivity index (χ3v) is 3.94. The molecule has 1 aliphatic heterocycles. The normalized spacial score (nSPS) is 16.9. The summed E-state index contributed by atoms with van der Waals surface area (Å²) in [7, 11) is 0. The van der Waals surface area contributed by atoms with Crippen molar-refractivity contribution in [3.05, 3.63) is 32.5 Å². The average molecular weight is 386 g/mol. The minimum absolute atomic E-state index is 0.0748. The van der Waals surface area contributed by atoms with Gasteiger partial charge in [-0.1, -0.05) is 0 Å². The molecule has 1 aliphatic rings. The second-order valence-electron chi connectivity index (χ2n) is 4.89. The summed E-state index contributed by atoms with van der Waals surface area (Å²) in [5, 5.41) is 11.0. The Bertz CT molecular complexity index is 574. The van der Waals surface area contributed by atoms with E-state index in [1.165, 1.54) is 11.0 Å². The van der Waals surface area contributed by atoms with Crippen LogP contribution in [-0.4, -0.2) is 48.7 Å². The third kappa shape index (κ3) is 4.07. The maximum atomic E-state index is 13.4. The molecule has 2 rings (SSSR count). The first-order chi connectivity index (χ1) is 10.2. The van der Waals surface area contributed by atoms with Gasteiger partial charge < -0.3 is 4.90 Å². The quantitative estimate of drug-likeness (QED) is 0.455. The van der Waals surface area contributed by atoms with Crippen LogP contribution in [0, 0.1) is 15.9 Å². The van der Waals surface area contributed by atoms with Crippen molar-refractivity contribution in [1.29, 1.82) is 0 Å². The van der Waals surface area contributed by atoms with E-state index in [2.05, 4.69) is 15.9 Å². The van der Waals surface area contributed by atoms with Crippen molar-refractivity contribution in [3.63, 3.8) is 0 Å². The van der Waals surface area contributed by atoms with Gasteiger partial charge in [0, 0.05) is 26.2 Å². The number of nitro groups is 1. The predicted octanol–water partition coefficient (Wildman–Crippen LogP) is 3.18. The van der Waals surface area contributed by atoms with Crippen molar-refractivity contribution < 1.29 is 22.5 Å². The van der Waals surface area contributed by atoms with Gasteiger partial charge in [0.2, 0.25) is 0 Å². The summed E-state index contributed by atoms with van der Waals surface area (Å²) in [5.74, 6) is -0.758. The fourth-order valence-electron chi connectivity index (χ4n) is 2.33. The van der Waals surface area contributed by atoms with E-state index < -0.39 is 29.1 Å². The van der Waals surface area contributed by atoms with Crippen LogP contribution < -0.4 is 4.90 Å². The average Bonchev–Trinajstić information content (AvgIpc) is 2.40. The Balaban J connectivity index is 2.14. The number of nitrogens with zero attached hydrogens (tertiary/aromatic N) is 3. The van der Waals surface area contributed by atoms with Gasteiger partial charge in [-0.25, -0.2) is 4.39 Å². The lowest BCUT2D eigenvalue weighted by Gasteiger charge is -2.36. The Kier molecular flexibility index (Phi) is 4.90. The number of hydrogen-bond acceptors (Lipinski definition) is 4. The Morgan fingerprint density at radius 2 is 1.82 bits per heavy atom. The van der Waals surface area contributed by atoms with Crippen LogP contribution >= 0.6 is 15.9 Å². The molecular weight excluding hydrogens is 374 g/mol. The molecule has 1 fully saturated rings. The van der Waals surface area contributed by atoms with Crippen LogP contribution in [0.15, 0.2) is 16.6 Å². The van der Waals surface area contributed by atoms with Crippen LogP contribution in [-0.2, 0) is 0 Å². The molecule has 22 heavy (non-hydrogen) atoms. The zero-order valence-electron chi connectivity index (χ0n) is 11.2.